The molecule has 0 saturated heterocycles. The van der Waals surface area contributed by atoms with E-state index >= 15 is 0 Å². The number of benzene rings is 1. The van der Waals surface area contributed by atoms with E-state index in [1.54, 1.807) is 0 Å². The first-order valence-electron chi connectivity index (χ1n) is 6.92. The summed E-state index contributed by atoms with van der Waals surface area (Å²) >= 11 is 0. The van der Waals surface area contributed by atoms with Gasteiger partial charge in [0.05, 0.1) is 11.9 Å². The second kappa shape index (κ2) is 8.51. The second-order valence-corrected chi connectivity index (χ2v) is 5.13. The zero-order valence-corrected chi connectivity index (χ0v) is 13.6. The van der Waals surface area contributed by atoms with Gasteiger partial charge >= 0.3 is 5.97 Å². The van der Waals surface area contributed by atoms with E-state index in [0.29, 0.717) is 12.4 Å². The van der Waals surface area contributed by atoms with Gasteiger partial charge in [-0.2, -0.15) is 0 Å². The minimum Gasteiger partial charge on any atom is -0.481 e. The van der Waals surface area contributed by atoms with E-state index in [4.69, 9.17) is 5.11 Å². The van der Waals surface area contributed by atoms with Gasteiger partial charge < -0.3 is 15.3 Å². The van der Waals surface area contributed by atoms with Crippen LogP contribution in [0, 0.1) is 0 Å². The number of likely N-dealkylation sites (N-methyl/N-ethyl adjacent to an activating group) is 1. The van der Waals surface area contributed by atoms with Crippen LogP contribution in [0.3, 0.4) is 0 Å². The minimum atomic E-state index is -0.825. The molecule has 0 bridgehead atoms. The summed E-state index contributed by atoms with van der Waals surface area (Å²) in [6, 6.07) is 7.74. The van der Waals surface area contributed by atoms with Gasteiger partial charge in [-0.25, -0.2) is 9.97 Å². The summed E-state index contributed by atoms with van der Waals surface area (Å²) in [6.45, 7) is 1.22. The zero-order valence-electron chi connectivity index (χ0n) is 12.7. The zero-order chi connectivity index (χ0) is 15.2. The summed E-state index contributed by atoms with van der Waals surface area (Å²) in [6.07, 6.45) is 0.816. The Morgan fingerprint density at radius 1 is 1.27 bits per heavy atom. The number of rotatable bonds is 7. The van der Waals surface area contributed by atoms with Crippen LogP contribution in [0.15, 0.2) is 24.3 Å². The number of carboxylic acid groups (broad SMARTS) is 1. The number of aliphatic carboxylic acids is 1. The maximum atomic E-state index is 10.6. The average Bonchev–Trinajstić information content (AvgIpc) is 2.44. The van der Waals surface area contributed by atoms with Crippen molar-refractivity contribution in [1.82, 2.24) is 14.9 Å². The number of nitrogens with one attached hydrogen (secondary N) is 1. The van der Waals surface area contributed by atoms with Crippen LogP contribution in [0.4, 0.5) is 5.82 Å². The number of carboxylic acids is 1. The molecule has 1 heterocycles. The Balaban J connectivity index is 0.00000242. The van der Waals surface area contributed by atoms with Crippen molar-refractivity contribution in [2.24, 2.45) is 0 Å². The highest BCUT2D eigenvalue weighted by atomic mass is 35.5. The lowest BCUT2D eigenvalue weighted by molar-refractivity contribution is -0.136. The average molecular weight is 325 g/mol. The van der Waals surface area contributed by atoms with Gasteiger partial charge in [-0.3, -0.25) is 4.79 Å². The molecule has 2 rings (SSSR count). The largest absolute Gasteiger partial charge is 0.481 e. The van der Waals surface area contributed by atoms with Crippen molar-refractivity contribution < 1.29 is 9.90 Å². The first-order valence-corrected chi connectivity index (χ1v) is 6.92. The molecule has 0 amide bonds. The molecular formula is C15H21ClN4O2. The summed E-state index contributed by atoms with van der Waals surface area (Å²) in [5, 5.41) is 12.7. The molecule has 0 aliphatic heterocycles. The van der Waals surface area contributed by atoms with Gasteiger partial charge in [0.25, 0.3) is 0 Å². The molecule has 0 saturated carbocycles. The van der Waals surface area contributed by atoms with Gasteiger partial charge in [0.1, 0.15) is 11.6 Å². The lowest BCUT2D eigenvalue weighted by Gasteiger charge is -2.12. The van der Waals surface area contributed by atoms with E-state index in [0.717, 1.165) is 29.7 Å². The van der Waals surface area contributed by atoms with E-state index in [1.165, 1.54) is 0 Å². The molecule has 7 heteroatoms. The number of fused-ring (bicyclic) bond motifs is 1. The van der Waals surface area contributed by atoms with Crippen LogP contribution >= 0.6 is 12.4 Å². The molecular weight excluding hydrogens is 304 g/mol. The molecule has 120 valence electrons. The molecule has 0 fully saturated rings. The fourth-order valence-electron chi connectivity index (χ4n) is 1.98. The highest BCUT2D eigenvalue weighted by Crippen LogP contribution is 2.20. The van der Waals surface area contributed by atoms with Crippen molar-refractivity contribution in [3.05, 3.63) is 30.1 Å². The summed E-state index contributed by atoms with van der Waals surface area (Å²) in [4.78, 5) is 21.8. The number of nitrogens with zero attached hydrogens (tertiary/aromatic N) is 3. The Kier molecular flexibility index (Phi) is 7.01. The van der Waals surface area contributed by atoms with Gasteiger partial charge in [-0.1, -0.05) is 12.1 Å². The third kappa shape index (κ3) is 5.13. The first kappa shape index (κ1) is 18.1. The van der Waals surface area contributed by atoms with Crippen LogP contribution in [0.1, 0.15) is 12.2 Å². The molecule has 0 unspecified atom stereocenters. The monoisotopic (exact) mass is 324 g/mol. The number of para-hydroxylation sites is 1. The summed E-state index contributed by atoms with van der Waals surface area (Å²) < 4.78 is 0. The van der Waals surface area contributed by atoms with Crippen molar-refractivity contribution in [3.8, 4) is 0 Å². The van der Waals surface area contributed by atoms with E-state index < -0.39 is 5.97 Å². The molecule has 0 atom stereocenters. The highest BCUT2D eigenvalue weighted by molar-refractivity contribution is 5.89. The van der Waals surface area contributed by atoms with Crippen molar-refractivity contribution >= 4 is 35.1 Å². The first-order chi connectivity index (χ1) is 10.1. The molecule has 0 spiro atoms. The van der Waals surface area contributed by atoms with Gasteiger partial charge in [0.15, 0.2) is 0 Å². The SMILES string of the molecule is CN(C)CCc1nc(NCCC(=O)O)c2ccccc2n1.Cl. The number of aromatic nitrogens is 2. The predicted molar refractivity (Wildman–Crippen MR) is 89.8 cm³/mol. The van der Waals surface area contributed by atoms with Gasteiger partial charge in [0.2, 0.25) is 0 Å². The van der Waals surface area contributed by atoms with Gasteiger partial charge in [-0.15, -0.1) is 12.4 Å². The molecule has 2 N–H and O–H groups in total. The predicted octanol–water partition coefficient (Wildman–Crippen LogP) is 2.04. The van der Waals surface area contributed by atoms with Crippen LogP contribution in [0.25, 0.3) is 10.9 Å². The molecule has 1 aromatic carbocycles. The Bertz CT molecular complexity index is 634. The topological polar surface area (TPSA) is 78.4 Å². The van der Waals surface area contributed by atoms with Gasteiger partial charge in [-0.05, 0) is 26.2 Å². The standard InChI is InChI=1S/C15H20N4O2.ClH/c1-19(2)10-8-13-17-12-6-4-3-5-11(12)15(18-13)16-9-7-14(20)21;/h3-6H,7-10H2,1-2H3,(H,20,21)(H,16,17,18);1H. The van der Waals surface area contributed by atoms with Crippen LogP contribution in [0.2, 0.25) is 0 Å². The number of halogens is 1. The molecule has 6 nitrogen and oxygen atoms in total. The molecule has 0 aliphatic carbocycles. The smallest absolute Gasteiger partial charge is 0.305 e. The third-order valence-corrected chi connectivity index (χ3v) is 3.06. The molecule has 22 heavy (non-hydrogen) atoms. The number of anilines is 1. The summed E-state index contributed by atoms with van der Waals surface area (Å²) in [7, 11) is 4.01. The van der Waals surface area contributed by atoms with E-state index in [-0.39, 0.29) is 18.8 Å². The van der Waals surface area contributed by atoms with E-state index in [2.05, 4.69) is 20.2 Å². The lowest BCUT2D eigenvalue weighted by atomic mass is 10.2. The lowest BCUT2D eigenvalue weighted by Crippen LogP contribution is -2.17. The third-order valence-electron chi connectivity index (χ3n) is 3.06. The second-order valence-electron chi connectivity index (χ2n) is 5.13. The fraction of sp³-hybridized carbons (Fsp3) is 0.400. The number of carbonyl (C=O) groups is 1. The Hall–Kier alpha value is -1.92. The Morgan fingerprint density at radius 3 is 2.68 bits per heavy atom. The van der Waals surface area contributed by atoms with E-state index in [1.807, 2.05) is 38.4 Å². The number of hydrogen-bond donors (Lipinski definition) is 2. The van der Waals surface area contributed by atoms with Crippen LogP contribution in [-0.2, 0) is 11.2 Å². The quantitative estimate of drug-likeness (QED) is 0.811. The summed E-state index contributed by atoms with van der Waals surface area (Å²) in [5.41, 5.74) is 0.874. The van der Waals surface area contributed by atoms with E-state index in [9.17, 15) is 4.79 Å². The number of hydrogen-bond acceptors (Lipinski definition) is 5. The Labute approximate surface area is 136 Å². The van der Waals surface area contributed by atoms with Crippen molar-refractivity contribution in [1.29, 1.82) is 0 Å². The molecule has 0 radical (unpaired) electrons. The maximum Gasteiger partial charge on any atom is 0.305 e. The van der Waals surface area contributed by atoms with Crippen LogP contribution in [0.5, 0.6) is 0 Å². The maximum absolute atomic E-state index is 10.6. The fourth-order valence-corrected chi connectivity index (χ4v) is 1.98. The van der Waals surface area contributed by atoms with Crippen molar-refractivity contribution in [3.63, 3.8) is 0 Å². The minimum absolute atomic E-state index is 0. The highest BCUT2D eigenvalue weighted by Gasteiger charge is 2.08. The molecule has 0 aliphatic rings. The molecule has 1 aromatic heterocycles. The van der Waals surface area contributed by atoms with Crippen molar-refractivity contribution in [2.45, 2.75) is 12.8 Å². The normalized spacial score (nSPS) is 10.5. The Morgan fingerprint density at radius 2 is 2.00 bits per heavy atom. The summed E-state index contributed by atoms with van der Waals surface area (Å²) in [5.74, 6) is 0.643. The van der Waals surface area contributed by atoms with Crippen molar-refractivity contribution in [2.75, 3.05) is 32.5 Å². The van der Waals surface area contributed by atoms with Gasteiger partial charge in [0, 0.05) is 24.9 Å². The van der Waals surface area contributed by atoms with Crippen LogP contribution < -0.4 is 5.32 Å². The van der Waals surface area contributed by atoms with Crippen LogP contribution in [-0.4, -0.2) is 53.1 Å². The molecule has 2 aromatic rings.